The molecule has 2 aromatic heterocycles. The van der Waals surface area contributed by atoms with E-state index in [-0.39, 0.29) is 29.7 Å². The van der Waals surface area contributed by atoms with Crippen LogP contribution in [0.1, 0.15) is 6.85 Å². The number of rotatable bonds is 6. The van der Waals surface area contributed by atoms with Crippen LogP contribution in [0.4, 0.5) is 0 Å². The summed E-state index contributed by atoms with van der Waals surface area (Å²) in [5, 5.41) is 1.12. The lowest BCUT2D eigenvalue weighted by Gasteiger charge is -2.10. The van der Waals surface area contributed by atoms with Gasteiger partial charge in [0.15, 0.2) is 5.82 Å². The molecule has 2 nitrogen and oxygen atoms in total. The van der Waals surface area contributed by atoms with E-state index in [1.807, 2.05) is 48.5 Å². The van der Waals surface area contributed by atoms with Crippen LogP contribution >= 0.6 is 11.3 Å². The summed E-state index contributed by atoms with van der Waals surface area (Å²) in [5.41, 5.74) is 10.9. The van der Waals surface area contributed by atoms with Crippen LogP contribution in [-0.4, -0.2) is 9.97 Å². The van der Waals surface area contributed by atoms with E-state index in [1.165, 1.54) is 10.3 Å². The molecule has 0 fully saturated rings. The number of hydrogen-bond acceptors (Lipinski definition) is 3. The number of thiophene rings is 1. The highest BCUT2D eigenvalue weighted by molar-refractivity contribution is 7.26. The predicted octanol–water partition coefficient (Wildman–Crippen LogP) is 12.8. The Balaban J connectivity index is 1.08. The van der Waals surface area contributed by atoms with Crippen molar-refractivity contribution in [2.45, 2.75) is 0 Å². The van der Waals surface area contributed by atoms with E-state index in [1.54, 1.807) is 11.3 Å². The van der Waals surface area contributed by atoms with E-state index < -0.39 is 6.04 Å². The van der Waals surface area contributed by atoms with Gasteiger partial charge in [-0.15, -0.1) is 11.3 Å². The smallest absolute Gasteiger partial charge is 0.160 e. The summed E-state index contributed by atoms with van der Waals surface area (Å²) < 4.78 is 43.0. The maximum atomic E-state index is 8.37. The summed E-state index contributed by atoms with van der Waals surface area (Å²) in [6.45, 7) is 0. The molecule has 0 radical (unpaired) electrons. The van der Waals surface area contributed by atoms with Gasteiger partial charge < -0.3 is 0 Å². The molecule has 9 aromatic rings. The fourth-order valence-electron chi connectivity index (χ4n) is 6.31. The molecule has 2 heterocycles. The lowest BCUT2D eigenvalue weighted by atomic mass is 9.96. The van der Waals surface area contributed by atoms with Gasteiger partial charge in [0, 0.05) is 21.2 Å². The maximum absolute atomic E-state index is 8.37. The summed E-state index contributed by atoms with van der Waals surface area (Å²) in [4.78, 5) is 10.4. The fourth-order valence-corrected chi connectivity index (χ4v) is 7.46. The van der Waals surface area contributed by atoms with E-state index >= 15 is 0 Å². The predicted molar refractivity (Wildman–Crippen MR) is 208 cm³/mol. The Bertz CT molecular complexity index is 2840. The minimum atomic E-state index is -0.396. The van der Waals surface area contributed by atoms with Gasteiger partial charge in [-0.2, -0.15) is 0 Å². The van der Waals surface area contributed by atoms with Gasteiger partial charge in [-0.05, 0) is 62.7 Å². The standard InChI is InChI=1S/C46H30N2S/c1-3-11-31(12-4-1)33-21-23-35(24-22-33)37-15-9-16-38(29-37)39-17-10-18-40(30-39)46-47-43(45-44(48-46)41-19-7-8-20-42(41)49-45)36-27-25-34(26-28-36)32-13-5-2-6-14-32/h1-30H/i1D,3D,4D,11D,12D. The van der Waals surface area contributed by atoms with E-state index in [9.17, 15) is 0 Å². The second-order valence-electron chi connectivity index (χ2n) is 11.9. The Labute approximate surface area is 296 Å². The number of fused-ring (bicyclic) bond motifs is 3. The summed E-state index contributed by atoms with van der Waals surface area (Å²) in [5.74, 6) is 0.662. The topological polar surface area (TPSA) is 25.8 Å². The second-order valence-corrected chi connectivity index (χ2v) is 12.9. The molecule has 0 aliphatic carbocycles. The van der Waals surface area contributed by atoms with Crippen LogP contribution in [0.3, 0.4) is 0 Å². The molecule has 0 unspecified atom stereocenters. The fraction of sp³-hybridized carbons (Fsp3) is 0. The molecule has 0 amide bonds. The van der Waals surface area contributed by atoms with Gasteiger partial charge in [0.1, 0.15) is 0 Å². The number of aromatic nitrogens is 2. The molecule has 9 rings (SSSR count). The second kappa shape index (κ2) is 12.5. The van der Waals surface area contributed by atoms with Crippen LogP contribution in [0.15, 0.2) is 182 Å². The van der Waals surface area contributed by atoms with Crippen molar-refractivity contribution in [3.05, 3.63) is 182 Å². The molecule has 0 N–H and O–H groups in total. The summed E-state index contributed by atoms with van der Waals surface area (Å²) >= 11 is 1.72. The van der Waals surface area contributed by atoms with Crippen molar-refractivity contribution in [1.29, 1.82) is 0 Å². The van der Waals surface area contributed by atoms with Crippen molar-refractivity contribution >= 4 is 31.6 Å². The zero-order valence-corrected chi connectivity index (χ0v) is 27.1. The molecule has 0 atom stereocenters. The van der Waals surface area contributed by atoms with Crippen LogP contribution in [0.2, 0.25) is 0 Å². The highest BCUT2D eigenvalue weighted by atomic mass is 32.1. The van der Waals surface area contributed by atoms with Crippen molar-refractivity contribution < 1.29 is 6.85 Å². The molecule has 0 spiro atoms. The van der Waals surface area contributed by atoms with E-state index in [4.69, 9.17) is 16.8 Å². The van der Waals surface area contributed by atoms with E-state index in [2.05, 4.69) is 103 Å². The van der Waals surface area contributed by atoms with Crippen molar-refractivity contribution in [2.75, 3.05) is 0 Å². The zero-order chi connectivity index (χ0) is 36.9. The molecule has 49 heavy (non-hydrogen) atoms. The first-order chi connectivity index (χ1) is 26.3. The first-order valence-electron chi connectivity index (χ1n) is 18.6. The SMILES string of the molecule is [2H]c1c([2H])c([2H])c(-c2ccc(-c3cccc(-c4cccc(-c5nc(-c6ccc(-c7ccccc7)cc6)c6sc7ccccc7c6n5)c4)c3)cc2)c([2H])c1[2H]. The Kier molecular flexibility index (Phi) is 6.12. The normalized spacial score (nSPS) is 12.7. The molecule has 0 aliphatic rings. The Hall–Kier alpha value is -6.16. The van der Waals surface area contributed by atoms with Crippen molar-refractivity contribution in [3.8, 4) is 67.2 Å². The number of nitrogens with zero attached hydrogens (tertiary/aromatic N) is 2. The number of hydrogen-bond donors (Lipinski definition) is 0. The highest BCUT2D eigenvalue weighted by Crippen LogP contribution is 2.40. The van der Waals surface area contributed by atoms with Gasteiger partial charge in [-0.1, -0.05) is 164 Å². The van der Waals surface area contributed by atoms with Crippen LogP contribution in [0.25, 0.3) is 87.5 Å². The van der Waals surface area contributed by atoms with Gasteiger partial charge in [0.05, 0.1) is 22.8 Å². The van der Waals surface area contributed by atoms with Crippen LogP contribution in [0.5, 0.6) is 0 Å². The van der Waals surface area contributed by atoms with Gasteiger partial charge in [-0.3, -0.25) is 0 Å². The third-order valence-corrected chi connectivity index (χ3v) is 9.98. The average Bonchev–Trinajstić information content (AvgIpc) is 3.61. The first-order valence-corrected chi connectivity index (χ1v) is 16.9. The summed E-state index contributed by atoms with van der Waals surface area (Å²) in [6.07, 6.45) is 0. The van der Waals surface area contributed by atoms with Gasteiger partial charge in [0.25, 0.3) is 0 Å². The minimum absolute atomic E-state index is 0.196. The molecular weight excluding hydrogens is 613 g/mol. The van der Waals surface area contributed by atoms with Crippen molar-refractivity contribution in [2.24, 2.45) is 0 Å². The largest absolute Gasteiger partial charge is 0.226 e. The van der Waals surface area contributed by atoms with Gasteiger partial charge >= 0.3 is 0 Å². The molecule has 3 heteroatoms. The molecule has 7 aromatic carbocycles. The molecule has 230 valence electrons. The highest BCUT2D eigenvalue weighted by Gasteiger charge is 2.17. The van der Waals surface area contributed by atoms with Crippen molar-refractivity contribution in [3.63, 3.8) is 0 Å². The van der Waals surface area contributed by atoms with Gasteiger partial charge in [0.2, 0.25) is 0 Å². The number of benzene rings is 7. The lowest BCUT2D eigenvalue weighted by Crippen LogP contribution is -1.94. The monoisotopic (exact) mass is 647 g/mol. The van der Waals surface area contributed by atoms with Gasteiger partial charge in [-0.25, -0.2) is 9.97 Å². The Morgan fingerprint density at radius 1 is 0.408 bits per heavy atom. The molecular formula is C46H30N2S. The van der Waals surface area contributed by atoms with E-state index in [0.717, 1.165) is 60.2 Å². The molecule has 0 saturated carbocycles. The van der Waals surface area contributed by atoms with Crippen LogP contribution in [0, 0.1) is 0 Å². The van der Waals surface area contributed by atoms with Crippen molar-refractivity contribution in [1.82, 2.24) is 9.97 Å². The summed E-state index contributed by atoms with van der Waals surface area (Å²) in [7, 11) is 0. The maximum Gasteiger partial charge on any atom is 0.160 e. The lowest BCUT2D eigenvalue weighted by molar-refractivity contribution is 1.24. The zero-order valence-electron chi connectivity index (χ0n) is 31.2. The van der Waals surface area contributed by atoms with Crippen LogP contribution < -0.4 is 0 Å². The molecule has 0 aliphatic heterocycles. The molecule has 0 saturated heterocycles. The average molecular weight is 648 g/mol. The summed E-state index contributed by atoms with van der Waals surface area (Å²) in [6, 6.07) is 50.0. The Morgan fingerprint density at radius 2 is 0.918 bits per heavy atom. The third kappa shape index (κ3) is 5.61. The minimum Gasteiger partial charge on any atom is -0.226 e. The third-order valence-electron chi connectivity index (χ3n) is 8.81. The Morgan fingerprint density at radius 3 is 1.63 bits per heavy atom. The quantitative estimate of drug-likeness (QED) is 0.179. The van der Waals surface area contributed by atoms with E-state index in [0.29, 0.717) is 11.4 Å². The van der Waals surface area contributed by atoms with Crippen LogP contribution in [-0.2, 0) is 0 Å². The first kappa shape index (κ1) is 24.1. The molecule has 0 bridgehead atoms.